The van der Waals surface area contributed by atoms with Crippen molar-refractivity contribution in [2.45, 2.75) is 39.3 Å². The van der Waals surface area contributed by atoms with Gasteiger partial charge in [-0.15, -0.1) is 5.10 Å². The monoisotopic (exact) mass is 330 g/mol. The molecule has 2 aromatic rings. The summed E-state index contributed by atoms with van der Waals surface area (Å²) in [6.07, 6.45) is 3.16. The molecule has 1 amide bonds. The number of carbonyl (C=O) groups excluding carboxylic acids is 2. The summed E-state index contributed by atoms with van der Waals surface area (Å²) in [5.41, 5.74) is 1.34. The van der Waals surface area contributed by atoms with Crippen molar-refractivity contribution in [3.05, 3.63) is 47.8 Å². The quantitative estimate of drug-likeness (QED) is 0.743. The van der Waals surface area contributed by atoms with Crippen LogP contribution in [-0.4, -0.2) is 39.5 Å². The highest BCUT2D eigenvalue weighted by Crippen LogP contribution is 2.05. The van der Waals surface area contributed by atoms with Gasteiger partial charge in [0.15, 0.2) is 5.69 Å². The van der Waals surface area contributed by atoms with E-state index < -0.39 is 5.97 Å². The van der Waals surface area contributed by atoms with Crippen LogP contribution in [0.15, 0.2) is 36.5 Å². The van der Waals surface area contributed by atoms with Crippen LogP contribution >= 0.6 is 0 Å². The predicted molar refractivity (Wildman–Crippen MR) is 88.3 cm³/mol. The maximum Gasteiger partial charge on any atom is 0.360 e. The van der Waals surface area contributed by atoms with E-state index in [-0.39, 0.29) is 30.8 Å². The molecule has 1 aromatic carbocycles. The van der Waals surface area contributed by atoms with Crippen LogP contribution in [0.3, 0.4) is 0 Å². The first-order valence-electron chi connectivity index (χ1n) is 7.99. The number of amides is 1. The second kappa shape index (κ2) is 8.81. The van der Waals surface area contributed by atoms with Gasteiger partial charge in [0.05, 0.1) is 12.8 Å². The van der Waals surface area contributed by atoms with Gasteiger partial charge in [-0.2, -0.15) is 0 Å². The van der Waals surface area contributed by atoms with Crippen LogP contribution in [0.25, 0.3) is 0 Å². The lowest BCUT2D eigenvalue weighted by Gasteiger charge is -2.13. The molecule has 128 valence electrons. The average Bonchev–Trinajstić information content (AvgIpc) is 3.02. The third-order valence-electron chi connectivity index (χ3n) is 3.45. The van der Waals surface area contributed by atoms with E-state index in [1.165, 1.54) is 16.4 Å². The third kappa shape index (κ3) is 5.49. The number of carbonyl (C=O) groups is 2. The molecule has 1 heterocycles. The summed E-state index contributed by atoms with van der Waals surface area (Å²) in [6.45, 7) is 3.96. The highest BCUT2D eigenvalue weighted by Gasteiger charge is 2.14. The number of nitrogens with one attached hydrogen (secondary N) is 1. The summed E-state index contributed by atoms with van der Waals surface area (Å²) in [5.74, 6) is -0.712. The van der Waals surface area contributed by atoms with E-state index >= 15 is 0 Å². The molecule has 0 aliphatic rings. The van der Waals surface area contributed by atoms with Crippen molar-refractivity contribution in [2.75, 3.05) is 6.61 Å². The smallest absolute Gasteiger partial charge is 0.360 e. The van der Waals surface area contributed by atoms with Gasteiger partial charge >= 0.3 is 5.97 Å². The van der Waals surface area contributed by atoms with Crippen LogP contribution in [0.1, 0.15) is 36.3 Å². The second-order valence-electron chi connectivity index (χ2n) is 5.51. The van der Waals surface area contributed by atoms with Gasteiger partial charge in [0.1, 0.15) is 6.54 Å². The van der Waals surface area contributed by atoms with Crippen LogP contribution < -0.4 is 5.32 Å². The average molecular weight is 330 g/mol. The number of hydrogen-bond acceptors (Lipinski definition) is 5. The van der Waals surface area contributed by atoms with E-state index in [2.05, 4.69) is 27.8 Å². The van der Waals surface area contributed by atoms with E-state index in [1.807, 2.05) is 25.1 Å². The van der Waals surface area contributed by atoms with Crippen molar-refractivity contribution < 1.29 is 14.3 Å². The Balaban J connectivity index is 1.77. The Morgan fingerprint density at radius 2 is 2.04 bits per heavy atom. The molecule has 0 saturated carbocycles. The lowest BCUT2D eigenvalue weighted by Crippen LogP contribution is -2.35. The SMILES string of the molecule is CCOC(=O)c1cn(CC(=O)NC(C)CCc2ccccc2)nn1. The van der Waals surface area contributed by atoms with E-state index in [9.17, 15) is 9.59 Å². The first kappa shape index (κ1) is 17.7. The molecule has 24 heavy (non-hydrogen) atoms. The van der Waals surface area contributed by atoms with E-state index in [1.54, 1.807) is 6.92 Å². The Morgan fingerprint density at radius 1 is 1.29 bits per heavy atom. The molecule has 0 fully saturated rings. The lowest BCUT2D eigenvalue weighted by atomic mass is 10.1. The Kier molecular flexibility index (Phi) is 6.48. The molecule has 1 aromatic heterocycles. The molecule has 0 radical (unpaired) electrons. The molecular formula is C17H22N4O3. The normalized spacial score (nSPS) is 11.8. The molecule has 2 rings (SSSR count). The Labute approximate surface area is 141 Å². The highest BCUT2D eigenvalue weighted by atomic mass is 16.5. The molecule has 0 spiro atoms. The zero-order valence-corrected chi connectivity index (χ0v) is 13.9. The molecule has 7 nitrogen and oxygen atoms in total. The zero-order valence-electron chi connectivity index (χ0n) is 13.9. The van der Waals surface area contributed by atoms with Crippen molar-refractivity contribution in [1.29, 1.82) is 0 Å². The number of benzene rings is 1. The highest BCUT2D eigenvalue weighted by molar-refractivity contribution is 5.86. The van der Waals surface area contributed by atoms with Crippen molar-refractivity contribution in [3.8, 4) is 0 Å². The minimum Gasteiger partial charge on any atom is -0.461 e. The first-order chi connectivity index (χ1) is 11.6. The minimum absolute atomic E-state index is 0.0160. The lowest BCUT2D eigenvalue weighted by molar-refractivity contribution is -0.122. The van der Waals surface area contributed by atoms with E-state index in [0.717, 1.165) is 12.8 Å². The van der Waals surface area contributed by atoms with Gasteiger partial charge in [0.25, 0.3) is 0 Å². The summed E-state index contributed by atoms with van der Waals surface area (Å²) in [7, 11) is 0. The van der Waals surface area contributed by atoms with Crippen molar-refractivity contribution in [2.24, 2.45) is 0 Å². The van der Waals surface area contributed by atoms with Crippen LogP contribution in [0, 0.1) is 0 Å². The fraction of sp³-hybridized carbons (Fsp3) is 0.412. The number of ether oxygens (including phenoxy) is 1. The van der Waals surface area contributed by atoms with Gasteiger partial charge in [-0.05, 0) is 32.3 Å². The largest absolute Gasteiger partial charge is 0.461 e. The molecule has 1 atom stereocenters. The summed E-state index contributed by atoms with van der Waals surface area (Å²) >= 11 is 0. The number of aromatic nitrogens is 3. The van der Waals surface area contributed by atoms with Crippen molar-refractivity contribution in [3.63, 3.8) is 0 Å². The number of rotatable bonds is 8. The molecule has 0 saturated heterocycles. The van der Waals surface area contributed by atoms with Gasteiger partial charge in [0.2, 0.25) is 5.91 Å². The van der Waals surface area contributed by atoms with Gasteiger partial charge in [0, 0.05) is 6.04 Å². The van der Waals surface area contributed by atoms with E-state index in [0.29, 0.717) is 0 Å². The summed E-state index contributed by atoms with van der Waals surface area (Å²) in [4.78, 5) is 23.5. The van der Waals surface area contributed by atoms with Crippen molar-refractivity contribution in [1.82, 2.24) is 20.3 Å². The number of hydrogen-bond donors (Lipinski definition) is 1. The maximum absolute atomic E-state index is 12.0. The van der Waals surface area contributed by atoms with Crippen LogP contribution in [0.4, 0.5) is 0 Å². The number of nitrogens with zero attached hydrogens (tertiary/aromatic N) is 3. The molecule has 7 heteroatoms. The molecule has 0 bridgehead atoms. The molecular weight excluding hydrogens is 308 g/mol. The van der Waals surface area contributed by atoms with Gasteiger partial charge in [-0.1, -0.05) is 35.5 Å². The Hall–Kier alpha value is -2.70. The Morgan fingerprint density at radius 3 is 2.75 bits per heavy atom. The third-order valence-corrected chi connectivity index (χ3v) is 3.45. The summed E-state index contributed by atoms with van der Waals surface area (Å²) < 4.78 is 6.15. The van der Waals surface area contributed by atoms with Crippen LogP contribution in [0.5, 0.6) is 0 Å². The molecule has 1 unspecified atom stereocenters. The standard InChI is InChI=1S/C17H22N4O3/c1-3-24-17(23)15-11-21(20-19-15)12-16(22)18-13(2)9-10-14-7-5-4-6-8-14/h4-8,11,13H,3,9-10,12H2,1-2H3,(H,18,22). The van der Waals surface area contributed by atoms with Gasteiger partial charge in [-0.25, -0.2) is 9.48 Å². The van der Waals surface area contributed by atoms with Crippen LogP contribution in [0.2, 0.25) is 0 Å². The fourth-order valence-electron chi connectivity index (χ4n) is 2.24. The second-order valence-corrected chi connectivity index (χ2v) is 5.51. The summed E-state index contributed by atoms with van der Waals surface area (Å²) in [6, 6.07) is 10.2. The zero-order chi connectivity index (χ0) is 17.4. The number of aryl methyl sites for hydroxylation is 1. The van der Waals surface area contributed by atoms with Gasteiger partial charge in [-0.3, -0.25) is 4.79 Å². The fourth-order valence-corrected chi connectivity index (χ4v) is 2.24. The molecule has 0 aliphatic heterocycles. The first-order valence-corrected chi connectivity index (χ1v) is 7.99. The topological polar surface area (TPSA) is 86.1 Å². The van der Waals surface area contributed by atoms with E-state index in [4.69, 9.17) is 4.74 Å². The van der Waals surface area contributed by atoms with Crippen LogP contribution in [-0.2, 0) is 22.5 Å². The molecule has 0 aliphatic carbocycles. The Bertz CT molecular complexity index is 669. The maximum atomic E-state index is 12.0. The van der Waals surface area contributed by atoms with Crippen molar-refractivity contribution >= 4 is 11.9 Å². The molecule has 1 N–H and O–H groups in total. The predicted octanol–water partition coefficient (Wildman–Crippen LogP) is 1.59. The minimum atomic E-state index is -0.541. The van der Waals surface area contributed by atoms with Gasteiger partial charge < -0.3 is 10.1 Å². The summed E-state index contributed by atoms with van der Waals surface area (Å²) in [5, 5.41) is 10.4. The number of esters is 1.